The van der Waals surface area contributed by atoms with Crippen LogP contribution in [0.5, 0.6) is 0 Å². The first-order valence-electron chi connectivity index (χ1n) is 7.50. The number of amides is 1. The number of likely N-dealkylation sites (N-methyl/N-ethyl adjacent to an activating group) is 1. The molecule has 0 fully saturated rings. The summed E-state index contributed by atoms with van der Waals surface area (Å²) in [6.07, 6.45) is 0. The average Bonchev–Trinajstić information content (AvgIpc) is 2.73. The maximum Gasteiger partial charge on any atom is 0.469 e. The van der Waals surface area contributed by atoms with Gasteiger partial charge in [-0.15, -0.1) is 0 Å². The summed E-state index contributed by atoms with van der Waals surface area (Å²) in [5.74, 6) is -0.0282. The van der Waals surface area contributed by atoms with Gasteiger partial charge in [-0.05, 0) is 18.2 Å². The van der Waals surface area contributed by atoms with Crippen molar-refractivity contribution in [2.75, 3.05) is 25.6 Å². The summed E-state index contributed by atoms with van der Waals surface area (Å²) < 4.78 is 13.1. The molecule has 0 bridgehead atoms. The Kier molecular flexibility index (Phi) is 6.69. The number of benzene rings is 2. The highest BCUT2D eigenvalue weighted by atomic mass is 35.5. The number of carbonyl (C=O) groups is 1. The number of phosphoric acid groups is 1. The molecule has 0 atom stereocenters. The summed E-state index contributed by atoms with van der Waals surface area (Å²) in [7, 11) is -1.44. The number of nitrogens with zero attached hydrogens (tertiary/aromatic N) is 2. The lowest BCUT2D eigenvalue weighted by Gasteiger charge is -2.18. The van der Waals surface area contributed by atoms with Gasteiger partial charge in [-0.2, -0.15) is 0 Å². The molecule has 1 aliphatic heterocycles. The second-order valence-electron chi connectivity index (χ2n) is 5.32. The van der Waals surface area contributed by atoms with Gasteiger partial charge < -0.3 is 14.7 Å². The van der Waals surface area contributed by atoms with E-state index in [2.05, 4.69) is 9.52 Å². The number of rotatable bonds is 2. The number of carbonyl (C=O) groups excluding carboxylic acids is 1. The Morgan fingerprint density at radius 1 is 1.19 bits per heavy atom. The van der Waals surface area contributed by atoms with Gasteiger partial charge in [-0.3, -0.25) is 14.3 Å². The van der Waals surface area contributed by atoms with E-state index in [-0.39, 0.29) is 12.5 Å². The molecule has 0 aromatic heterocycles. The number of aliphatic imine (C=N–C) groups is 1. The molecular formula is C17H18ClN2O5P. The van der Waals surface area contributed by atoms with Crippen LogP contribution in [0.3, 0.4) is 0 Å². The number of benzodiazepines with no additional fused rings is 1. The Balaban J connectivity index is 0.000000352. The molecular weight excluding hydrogens is 379 g/mol. The minimum atomic E-state index is -4.15. The van der Waals surface area contributed by atoms with Gasteiger partial charge in [0.1, 0.15) is 6.54 Å². The summed E-state index contributed by atoms with van der Waals surface area (Å²) >= 11 is 6.11. The van der Waals surface area contributed by atoms with Gasteiger partial charge in [-0.1, -0.05) is 41.9 Å². The molecule has 7 nitrogen and oxygen atoms in total. The molecule has 3 rings (SSSR count). The maximum atomic E-state index is 12.0. The highest BCUT2D eigenvalue weighted by molar-refractivity contribution is 7.46. The second kappa shape index (κ2) is 8.58. The van der Waals surface area contributed by atoms with Crippen LogP contribution in [0.25, 0.3) is 0 Å². The van der Waals surface area contributed by atoms with Crippen LogP contribution in [0, 0.1) is 0 Å². The van der Waals surface area contributed by atoms with Crippen LogP contribution in [0.4, 0.5) is 5.69 Å². The summed E-state index contributed by atoms with van der Waals surface area (Å²) in [6.45, 7) is 0.146. The van der Waals surface area contributed by atoms with Crippen molar-refractivity contribution in [3.8, 4) is 0 Å². The minimum Gasteiger partial charge on any atom is -0.313 e. The number of fused-ring (bicyclic) bond motifs is 1. The zero-order valence-corrected chi connectivity index (χ0v) is 15.8. The van der Waals surface area contributed by atoms with Gasteiger partial charge in [0, 0.05) is 30.3 Å². The average molecular weight is 397 g/mol. The number of hydrogen-bond donors (Lipinski definition) is 2. The Hall–Kier alpha value is -2.02. The fourth-order valence-electron chi connectivity index (χ4n) is 2.31. The molecule has 0 saturated heterocycles. The Labute approximate surface area is 156 Å². The van der Waals surface area contributed by atoms with Crippen LogP contribution in [0.1, 0.15) is 11.1 Å². The van der Waals surface area contributed by atoms with E-state index in [4.69, 9.17) is 21.4 Å². The number of hydrogen-bond acceptors (Lipinski definition) is 4. The summed E-state index contributed by atoms with van der Waals surface area (Å²) in [5, 5.41) is 0.634. The molecule has 0 unspecified atom stereocenters. The quantitative estimate of drug-likeness (QED) is 0.760. The Morgan fingerprint density at radius 3 is 2.38 bits per heavy atom. The van der Waals surface area contributed by atoms with E-state index >= 15 is 0 Å². The van der Waals surface area contributed by atoms with Crippen molar-refractivity contribution in [3.05, 3.63) is 64.7 Å². The first-order chi connectivity index (χ1) is 12.2. The van der Waals surface area contributed by atoms with Gasteiger partial charge in [0.05, 0.1) is 11.4 Å². The fourth-order valence-corrected chi connectivity index (χ4v) is 2.48. The van der Waals surface area contributed by atoms with Gasteiger partial charge in [0.15, 0.2) is 0 Å². The molecule has 0 saturated carbocycles. The lowest BCUT2D eigenvalue weighted by Crippen LogP contribution is -2.27. The predicted octanol–water partition coefficient (Wildman–Crippen LogP) is 2.88. The zero-order valence-electron chi connectivity index (χ0n) is 14.2. The highest BCUT2D eigenvalue weighted by Crippen LogP contribution is 2.33. The van der Waals surface area contributed by atoms with Gasteiger partial charge in [0.2, 0.25) is 5.91 Å². The predicted molar refractivity (Wildman–Crippen MR) is 101 cm³/mol. The lowest BCUT2D eigenvalue weighted by molar-refractivity contribution is -0.116. The largest absolute Gasteiger partial charge is 0.469 e. The molecule has 1 aliphatic rings. The standard InChI is InChI=1S/C16H13ClN2O.CH5O4P/c1-19-14-8-7-12(17)9-13(14)16(18-10-15(19)20)11-5-3-2-4-6-11;1-5-6(2,3)4/h2-9H,10H2,1H3;1H3,(H2,2,3,4). The van der Waals surface area contributed by atoms with Crippen LogP contribution in [0.15, 0.2) is 53.5 Å². The smallest absolute Gasteiger partial charge is 0.313 e. The Bertz CT molecular complexity index is 867. The van der Waals surface area contributed by atoms with Crippen molar-refractivity contribution in [2.24, 2.45) is 4.99 Å². The second-order valence-corrected chi connectivity index (χ2v) is 7.10. The topological polar surface area (TPSA) is 99.4 Å². The lowest BCUT2D eigenvalue weighted by atomic mass is 10.0. The monoisotopic (exact) mass is 396 g/mol. The van der Waals surface area contributed by atoms with E-state index < -0.39 is 7.82 Å². The molecule has 0 spiro atoms. The van der Waals surface area contributed by atoms with Crippen LogP contribution in [0.2, 0.25) is 5.02 Å². The van der Waals surface area contributed by atoms with E-state index in [0.29, 0.717) is 5.02 Å². The van der Waals surface area contributed by atoms with Crippen molar-refractivity contribution in [1.82, 2.24) is 0 Å². The fraction of sp³-hybridized carbons (Fsp3) is 0.176. The van der Waals surface area contributed by atoms with Crippen LogP contribution in [-0.4, -0.2) is 42.1 Å². The van der Waals surface area contributed by atoms with E-state index in [1.165, 1.54) is 0 Å². The molecule has 0 aliphatic carbocycles. The number of halogens is 1. The summed E-state index contributed by atoms with van der Waals surface area (Å²) in [6, 6.07) is 15.3. The molecule has 0 radical (unpaired) electrons. The van der Waals surface area contributed by atoms with Crippen molar-refractivity contribution in [3.63, 3.8) is 0 Å². The third-order valence-electron chi connectivity index (χ3n) is 3.61. The van der Waals surface area contributed by atoms with E-state index in [1.807, 2.05) is 42.5 Å². The molecule has 2 N–H and O–H groups in total. The van der Waals surface area contributed by atoms with E-state index in [1.54, 1.807) is 18.0 Å². The van der Waals surface area contributed by atoms with Crippen molar-refractivity contribution in [2.45, 2.75) is 0 Å². The summed E-state index contributed by atoms with van der Waals surface area (Å²) in [4.78, 5) is 33.6. The molecule has 1 heterocycles. The van der Waals surface area contributed by atoms with Crippen LogP contribution >= 0.6 is 19.4 Å². The van der Waals surface area contributed by atoms with Crippen molar-refractivity contribution < 1.29 is 23.7 Å². The third kappa shape index (κ3) is 5.24. The SMILES string of the molecule is CN1C(=O)CN=C(c2ccccc2)c2cc(Cl)ccc21.COP(=O)(O)O. The van der Waals surface area contributed by atoms with Gasteiger partial charge in [-0.25, -0.2) is 4.57 Å². The Morgan fingerprint density at radius 2 is 1.81 bits per heavy atom. The number of anilines is 1. The van der Waals surface area contributed by atoms with Crippen LogP contribution < -0.4 is 4.90 Å². The molecule has 1 amide bonds. The van der Waals surface area contributed by atoms with E-state index in [9.17, 15) is 9.36 Å². The third-order valence-corrected chi connectivity index (χ3v) is 4.32. The molecule has 2 aromatic carbocycles. The maximum absolute atomic E-state index is 12.0. The first kappa shape index (κ1) is 20.3. The van der Waals surface area contributed by atoms with Gasteiger partial charge >= 0.3 is 7.82 Å². The molecule has 2 aromatic rings. The number of phosphoric ester groups is 1. The summed E-state index contributed by atoms with van der Waals surface area (Å²) in [5.41, 5.74) is 3.51. The van der Waals surface area contributed by atoms with Crippen molar-refractivity contribution in [1.29, 1.82) is 0 Å². The highest BCUT2D eigenvalue weighted by Gasteiger charge is 2.22. The molecule has 26 heavy (non-hydrogen) atoms. The van der Waals surface area contributed by atoms with E-state index in [0.717, 1.165) is 29.6 Å². The zero-order chi connectivity index (χ0) is 19.3. The normalized spacial score (nSPS) is 14.0. The minimum absolute atomic E-state index is 0.0282. The molecule has 9 heteroatoms. The van der Waals surface area contributed by atoms with Crippen LogP contribution in [-0.2, 0) is 13.9 Å². The molecule has 138 valence electrons. The van der Waals surface area contributed by atoms with Gasteiger partial charge in [0.25, 0.3) is 0 Å². The first-order valence-corrected chi connectivity index (χ1v) is 9.41. The van der Waals surface area contributed by atoms with Crippen molar-refractivity contribution >= 4 is 36.7 Å².